The molecule has 1 heterocycles. The molecule has 2 rings (SSSR count). The molecule has 5 nitrogen and oxygen atoms in total. The third kappa shape index (κ3) is 4.46. The van der Waals surface area contributed by atoms with Crippen molar-refractivity contribution in [3.8, 4) is 11.5 Å². The van der Waals surface area contributed by atoms with E-state index in [4.69, 9.17) is 9.47 Å². The van der Waals surface area contributed by atoms with E-state index in [1.165, 1.54) is 0 Å². The number of nitrogens with zero attached hydrogens (tertiary/aromatic N) is 2. The highest BCUT2D eigenvalue weighted by atomic mass is 16.5. The molecule has 0 spiro atoms. The first-order valence-corrected chi connectivity index (χ1v) is 9.11. The SMILES string of the molecule is CCC(=O)N(Cc1ccc(OC)c(OC)c1)[C@H]1C[C@H](C)N(C)C[C@@H]1C. The number of benzene rings is 1. The number of hydrogen-bond acceptors (Lipinski definition) is 4. The van der Waals surface area contributed by atoms with E-state index in [2.05, 4.69) is 30.7 Å². The van der Waals surface area contributed by atoms with Gasteiger partial charge in [-0.3, -0.25) is 4.79 Å². The van der Waals surface area contributed by atoms with E-state index >= 15 is 0 Å². The van der Waals surface area contributed by atoms with Gasteiger partial charge in [0.25, 0.3) is 0 Å². The van der Waals surface area contributed by atoms with Gasteiger partial charge in [0, 0.05) is 31.6 Å². The van der Waals surface area contributed by atoms with Crippen molar-refractivity contribution in [2.45, 2.75) is 52.2 Å². The fraction of sp³-hybridized carbons (Fsp3) is 0.650. The largest absolute Gasteiger partial charge is 0.493 e. The normalized spacial score (nSPS) is 24.0. The molecule has 3 atom stereocenters. The van der Waals surface area contributed by atoms with Gasteiger partial charge in [0.15, 0.2) is 11.5 Å². The summed E-state index contributed by atoms with van der Waals surface area (Å²) in [7, 11) is 5.43. The van der Waals surface area contributed by atoms with Crippen molar-refractivity contribution in [3.63, 3.8) is 0 Å². The Balaban J connectivity index is 2.25. The number of methoxy groups -OCH3 is 2. The van der Waals surface area contributed by atoms with E-state index in [1.54, 1.807) is 14.2 Å². The molecule has 1 fully saturated rings. The first-order valence-electron chi connectivity index (χ1n) is 9.11. The van der Waals surface area contributed by atoms with Crippen molar-refractivity contribution in [1.82, 2.24) is 9.80 Å². The standard InChI is InChI=1S/C20H32N2O3/c1-7-20(23)22(17-10-15(3)21(4)12-14(17)2)13-16-8-9-18(24-5)19(11-16)25-6/h8-9,11,14-15,17H,7,10,12-13H2,1-6H3/t14-,15-,17-/m0/s1. The number of hydrogen-bond donors (Lipinski definition) is 0. The van der Waals surface area contributed by atoms with Crippen molar-refractivity contribution in [2.24, 2.45) is 5.92 Å². The lowest BCUT2D eigenvalue weighted by Gasteiger charge is -2.45. The van der Waals surface area contributed by atoms with Crippen LogP contribution in [0.3, 0.4) is 0 Å². The fourth-order valence-corrected chi connectivity index (χ4v) is 3.72. The summed E-state index contributed by atoms with van der Waals surface area (Å²) in [6.45, 7) is 8.05. The smallest absolute Gasteiger partial charge is 0.222 e. The molecule has 0 radical (unpaired) electrons. The second kappa shape index (κ2) is 8.56. The van der Waals surface area contributed by atoms with Crippen LogP contribution in [0.2, 0.25) is 0 Å². The minimum absolute atomic E-state index is 0.211. The average molecular weight is 348 g/mol. The highest BCUT2D eigenvalue weighted by molar-refractivity contribution is 5.76. The van der Waals surface area contributed by atoms with Gasteiger partial charge in [0.05, 0.1) is 14.2 Å². The van der Waals surface area contributed by atoms with Gasteiger partial charge in [-0.25, -0.2) is 0 Å². The second-order valence-corrected chi connectivity index (χ2v) is 7.13. The van der Waals surface area contributed by atoms with Gasteiger partial charge in [0.2, 0.25) is 5.91 Å². The number of carbonyl (C=O) groups is 1. The van der Waals surface area contributed by atoms with Crippen LogP contribution >= 0.6 is 0 Å². The number of amides is 1. The molecule has 5 heteroatoms. The zero-order valence-electron chi connectivity index (χ0n) is 16.4. The van der Waals surface area contributed by atoms with Gasteiger partial charge in [-0.15, -0.1) is 0 Å². The van der Waals surface area contributed by atoms with Crippen LogP contribution in [-0.4, -0.2) is 55.6 Å². The Labute approximate surface area is 151 Å². The minimum Gasteiger partial charge on any atom is -0.493 e. The van der Waals surface area contributed by atoms with Crippen molar-refractivity contribution in [3.05, 3.63) is 23.8 Å². The second-order valence-electron chi connectivity index (χ2n) is 7.13. The van der Waals surface area contributed by atoms with E-state index in [9.17, 15) is 4.79 Å². The van der Waals surface area contributed by atoms with Crippen LogP contribution in [0.5, 0.6) is 11.5 Å². The summed E-state index contributed by atoms with van der Waals surface area (Å²) in [6.07, 6.45) is 1.54. The Kier molecular flexibility index (Phi) is 6.71. The van der Waals surface area contributed by atoms with Crippen LogP contribution in [0.1, 0.15) is 39.2 Å². The predicted octanol–water partition coefficient (Wildman–Crippen LogP) is 3.17. The molecule has 0 unspecified atom stereocenters. The highest BCUT2D eigenvalue weighted by Crippen LogP contribution is 2.31. The van der Waals surface area contributed by atoms with Crippen LogP contribution < -0.4 is 9.47 Å². The van der Waals surface area contributed by atoms with Crippen LogP contribution in [0, 0.1) is 5.92 Å². The number of carbonyl (C=O) groups excluding carboxylic acids is 1. The van der Waals surface area contributed by atoms with Crippen LogP contribution in [0.25, 0.3) is 0 Å². The van der Waals surface area contributed by atoms with Crippen LogP contribution in [0.4, 0.5) is 0 Å². The zero-order valence-corrected chi connectivity index (χ0v) is 16.4. The molecule has 1 saturated heterocycles. The Morgan fingerprint density at radius 1 is 1.24 bits per heavy atom. The number of likely N-dealkylation sites (tertiary alicyclic amines) is 1. The summed E-state index contributed by atoms with van der Waals surface area (Å²) in [4.78, 5) is 17.1. The van der Waals surface area contributed by atoms with E-state index in [0.29, 0.717) is 36.4 Å². The quantitative estimate of drug-likeness (QED) is 0.792. The van der Waals surface area contributed by atoms with E-state index < -0.39 is 0 Å². The summed E-state index contributed by atoms with van der Waals surface area (Å²) in [6, 6.07) is 6.65. The highest BCUT2D eigenvalue weighted by Gasteiger charge is 2.34. The van der Waals surface area contributed by atoms with Gasteiger partial charge in [0.1, 0.15) is 0 Å². The molecule has 0 saturated carbocycles. The lowest BCUT2D eigenvalue weighted by atomic mass is 9.88. The number of rotatable bonds is 6. The van der Waals surface area contributed by atoms with Gasteiger partial charge in [-0.1, -0.05) is 19.9 Å². The maximum Gasteiger partial charge on any atom is 0.222 e. The predicted molar refractivity (Wildman–Crippen MR) is 100 cm³/mol. The van der Waals surface area contributed by atoms with E-state index in [-0.39, 0.29) is 11.9 Å². The zero-order chi connectivity index (χ0) is 18.6. The van der Waals surface area contributed by atoms with Gasteiger partial charge < -0.3 is 19.3 Å². The summed E-state index contributed by atoms with van der Waals surface area (Å²) in [5.41, 5.74) is 1.07. The molecule has 1 aromatic carbocycles. The van der Waals surface area contributed by atoms with Crippen molar-refractivity contribution in [2.75, 3.05) is 27.8 Å². The Morgan fingerprint density at radius 3 is 2.52 bits per heavy atom. The lowest BCUT2D eigenvalue weighted by Crippen LogP contribution is -2.53. The third-order valence-electron chi connectivity index (χ3n) is 5.39. The summed E-state index contributed by atoms with van der Waals surface area (Å²) in [5.74, 6) is 2.08. The molecule has 140 valence electrons. The summed E-state index contributed by atoms with van der Waals surface area (Å²) < 4.78 is 10.7. The lowest BCUT2D eigenvalue weighted by molar-refractivity contribution is -0.136. The van der Waals surface area contributed by atoms with Crippen molar-refractivity contribution < 1.29 is 14.3 Å². The Hall–Kier alpha value is -1.75. The van der Waals surface area contributed by atoms with Crippen molar-refractivity contribution >= 4 is 5.91 Å². The third-order valence-corrected chi connectivity index (χ3v) is 5.39. The van der Waals surface area contributed by atoms with Gasteiger partial charge in [-0.2, -0.15) is 0 Å². The Morgan fingerprint density at radius 2 is 1.92 bits per heavy atom. The average Bonchev–Trinajstić information content (AvgIpc) is 2.62. The first-order chi connectivity index (χ1) is 11.9. The molecule has 0 bridgehead atoms. The molecular formula is C20H32N2O3. The first kappa shape index (κ1) is 19.6. The minimum atomic E-state index is 0.211. The van der Waals surface area contributed by atoms with Gasteiger partial charge in [-0.05, 0) is 44.0 Å². The maximum atomic E-state index is 12.7. The molecule has 0 N–H and O–H groups in total. The van der Waals surface area contributed by atoms with E-state index in [0.717, 1.165) is 18.5 Å². The van der Waals surface area contributed by atoms with Gasteiger partial charge >= 0.3 is 0 Å². The summed E-state index contributed by atoms with van der Waals surface area (Å²) >= 11 is 0. The molecule has 1 aliphatic heterocycles. The molecule has 1 aromatic rings. The molecule has 1 amide bonds. The maximum absolute atomic E-state index is 12.7. The molecule has 1 aliphatic rings. The molecule has 25 heavy (non-hydrogen) atoms. The summed E-state index contributed by atoms with van der Waals surface area (Å²) in [5, 5.41) is 0. The topological polar surface area (TPSA) is 42.0 Å². The molecular weight excluding hydrogens is 316 g/mol. The van der Waals surface area contributed by atoms with E-state index in [1.807, 2.05) is 25.1 Å². The molecule has 0 aromatic heterocycles. The number of piperidine rings is 1. The fourth-order valence-electron chi connectivity index (χ4n) is 3.72. The van der Waals surface area contributed by atoms with Crippen LogP contribution in [0.15, 0.2) is 18.2 Å². The van der Waals surface area contributed by atoms with Crippen molar-refractivity contribution in [1.29, 1.82) is 0 Å². The monoisotopic (exact) mass is 348 g/mol. The van der Waals surface area contributed by atoms with Crippen LogP contribution in [-0.2, 0) is 11.3 Å². The number of ether oxygens (including phenoxy) is 2. The molecule has 0 aliphatic carbocycles. The Bertz CT molecular complexity index is 590.